The van der Waals surface area contributed by atoms with Gasteiger partial charge in [-0.1, -0.05) is 18.2 Å². The van der Waals surface area contributed by atoms with Crippen LogP contribution < -0.4 is 0 Å². The lowest BCUT2D eigenvalue weighted by atomic mass is 10.4. The van der Waals surface area contributed by atoms with Gasteiger partial charge in [-0.2, -0.15) is 0 Å². The summed E-state index contributed by atoms with van der Waals surface area (Å²) in [5.41, 5.74) is 0. The normalized spacial score (nSPS) is 15.6. The fourth-order valence-corrected chi connectivity index (χ4v) is 2.49. The molecule has 0 N–H and O–H groups in total. The van der Waals surface area contributed by atoms with E-state index in [1.807, 2.05) is 0 Å². The Morgan fingerprint density at radius 2 is 1.93 bits per heavy atom. The molecule has 0 unspecified atom stereocenters. The van der Waals surface area contributed by atoms with Crippen LogP contribution in [-0.2, 0) is 10.0 Å². The topological polar surface area (TPSA) is 49.7 Å². The molecular formula is C10H10N2O2S. The quantitative estimate of drug-likeness (QED) is 0.755. The molecule has 1 heterocycles. The molecule has 15 heavy (non-hydrogen) atoms. The molecule has 0 saturated heterocycles. The Balaban J connectivity index is 2.36. The highest BCUT2D eigenvalue weighted by atomic mass is 32.2. The lowest BCUT2D eigenvalue weighted by Crippen LogP contribution is -2.31. The minimum atomic E-state index is -3.43. The fourth-order valence-electron chi connectivity index (χ4n) is 1.26. The molecule has 0 amide bonds. The predicted octanol–water partition coefficient (Wildman–Crippen LogP) is 1.23. The first kappa shape index (κ1) is 9.92. The molecule has 1 aromatic rings. The van der Waals surface area contributed by atoms with Gasteiger partial charge < -0.3 is 0 Å². The predicted molar refractivity (Wildman–Crippen MR) is 58.0 cm³/mol. The summed E-state index contributed by atoms with van der Waals surface area (Å²) in [6.07, 6.45) is 4.60. The van der Waals surface area contributed by atoms with Gasteiger partial charge in [0, 0.05) is 6.20 Å². The van der Waals surface area contributed by atoms with E-state index in [0.717, 1.165) is 0 Å². The lowest BCUT2D eigenvalue weighted by Gasteiger charge is -2.19. The number of rotatable bonds is 2. The van der Waals surface area contributed by atoms with E-state index in [9.17, 15) is 8.42 Å². The van der Waals surface area contributed by atoms with E-state index in [1.165, 1.54) is 10.6 Å². The van der Waals surface area contributed by atoms with Crippen molar-refractivity contribution in [1.82, 2.24) is 4.31 Å². The van der Waals surface area contributed by atoms with Gasteiger partial charge in [0.2, 0.25) is 0 Å². The molecule has 0 saturated carbocycles. The molecular weight excluding hydrogens is 212 g/mol. The van der Waals surface area contributed by atoms with E-state index in [2.05, 4.69) is 4.99 Å². The summed E-state index contributed by atoms with van der Waals surface area (Å²) < 4.78 is 25.2. The second-order valence-electron chi connectivity index (χ2n) is 3.04. The van der Waals surface area contributed by atoms with E-state index in [1.54, 1.807) is 42.6 Å². The van der Waals surface area contributed by atoms with Crippen molar-refractivity contribution >= 4 is 16.4 Å². The van der Waals surface area contributed by atoms with E-state index in [4.69, 9.17) is 0 Å². The first-order valence-electron chi connectivity index (χ1n) is 4.46. The number of aliphatic imine (C=N–C) groups is 1. The molecule has 5 heteroatoms. The highest BCUT2D eigenvalue weighted by Gasteiger charge is 2.21. The Hall–Kier alpha value is -1.62. The third kappa shape index (κ3) is 1.92. The molecule has 0 aliphatic carbocycles. The molecule has 0 atom stereocenters. The minimum Gasteiger partial charge on any atom is -0.252 e. The standard InChI is InChI=1S/C10H10N2O2S/c13-15(14,10-5-2-1-3-6-10)12-8-4-7-11-9-12/h1-7,9H,8H2. The van der Waals surface area contributed by atoms with Crippen LogP contribution in [0, 0.1) is 0 Å². The van der Waals surface area contributed by atoms with Crippen LogP contribution in [0.3, 0.4) is 0 Å². The van der Waals surface area contributed by atoms with E-state index in [0.29, 0.717) is 6.54 Å². The molecule has 1 aliphatic rings. The van der Waals surface area contributed by atoms with Crippen LogP contribution in [0.2, 0.25) is 0 Å². The Bertz CT molecular complexity index is 491. The molecule has 1 aromatic carbocycles. The average Bonchev–Trinajstić information content (AvgIpc) is 2.31. The van der Waals surface area contributed by atoms with Crippen molar-refractivity contribution in [1.29, 1.82) is 0 Å². The largest absolute Gasteiger partial charge is 0.265 e. The van der Waals surface area contributed by atoms with Crippen LogP contribution in [-0.4, -0.2) is 25.6 Å². The van der Waals surface area contributed by atoms with Crippen LogP contribution >= 0.6 is 0 Å². The monoisotopic (exact) mass is 222 g/mol. The first-order chi connectivity index (χ1) is 7.21. The van der Waals surface area contributed by atoms with Gasteiger partial charge in [0.15, 0.2) is 0 Å². The van der Waals surface area contributed by atoms with Crippen molar-refractivity contribution in [2.75, 3.05) is 6.54 Å². The highest BCUT2D eigenvalue weighted by Crippen LogP contribution is 2.14. The number of sulfonamides is 1. The van der Waals surface area contributed by atoms with E-state index < -0.39 is 10.0 Å². The zero-order valence-corrected chi connectivity index (χ0v) is 8.76. The van der Waals surface area contributed by atoms with Gasteiger partial charge >= 0.3 is 0 Å². The average molecular weight is 222 g/mol. The maximum atomic E-state index is 12.0. The van der Waals surface area contributed by atoms with Crippen molar-refractivity contribution in [3.8, 4) is 0 Å². The Morgan fingerprint density at radius 3 is 2.53 bits per heavy atom. The zero-order valence-electron chi connectivity index (χ0n) is 7.95. The SMILES string of the molecule is O=S(=O)(c1ccccc1)N1C=NC=CC1. The molecule has 4 nitrogen and oxygen atoms in total. The van der Waals surface area contributed by atoms with Crippen molar-refractivity contribution in [3.63, 3.8) is 0 Å². The van der Waals surface area contributed by atoms with E-state index in [-0.39, 0.29) is 4.90 Å². The number of nitrogens with zero attached hydrogens (tertiary/aromatic N) is 2. The second-order valence-corrected chi connectivity index (χ2v) is 4.93. The van der Waals surface area contributed by atoms with Gasteiger partial charge in [0.25, 0.3) is 10.0 Å². The number of benzene rings is 1. The Labute approximate surface area is 88.6 Å². The van der Waals surface area contributed by atoms with Crippen LogP contribution in [0.1, 0.15) is 0 Å². The molecule has 0 radical (unpaired) electrons. The van der Waals surface area contributed by atoms with Crippen molar-refractivity contribution in [3.05, 3.63) is 42.6 Å². The molecule has 0 fully saturated rings. The summed E-state index contributed by atoms with van der Waals surface area (Å²) >= 11 is 0. The van der Waals surface area contributed by atoms with Crippen LogP contribution in [0.5, 0.6) is 0 Å². The third-order valence-corrected chi connectivity index (χ3v) is 3.75. The van der Waals surface area contributed by atoms with E-state index >= 15 is 0 Å². The van der Waals surface area contributed by atoms with Crippen LogP contribution in [0.25, 0.3) is 0 Å². The summed E-state index contributed by atoms with van der Waals surface area (Å²) in [5, 5.41) is 0. The van der Waals surface area contributed by atoms with Crippen molar-refractivity contribution in [2.45, 2.75) is 4.90 Å². The molecule has 0 bridgehead atoms. The molecule has 1 aliphatic heterocycles. The van der Waals surface area contributed by atoms with Crippen molar-refractivity contribution < 1.29 is 8.42 Å². The van der Waals surface area contributed by atoms with Gasteiger partial charge in [0.05, 0.1) is 11.4 Å². The van der Waals surface area contributed by atoms with Gasteiger partial charge in [-0.05, 0) is 18.2 Å². The van der Waals surface area contributed by atoms with Gasteiger partial charge in [0.1, 0.15) is 6.34 Å². The Morgan fingerprint density at radius 1 is 1.20 bits per heavy atom. The molecule has 78 valence electrons. The van der Waals surface area contributed by atoms with Gasteiger partial charge in [-0.25, -0.2) is 13.4 Å². The molecule has 0 aromatic heterocycles. The number of hydrogen-bond donors (Lipinski definition) is 0. The van der Waals surface area contributed by atoms with Crippen LogP contribution in [0.15, 0.2) is 52.5 Å². The minimum absolute atomic E-state index is 0.284. The lowest BCUT2D eigenvalue weighted by molar-refractivity contribution is 0.542. The molecule has 2 rings (SSSR count). The van der Waals surface area contributed by atoms with Gasteiger partial charge in [-0.15, -0.1) is 0 Å². The maximum Gasteiger partial charge on any atom is 0.265 e. The number of hydrogen-bond acceptors (Lipinski definition) is 3. The third-order valence-electron chi connectivity index (χ3n) is 2.02. The summed E-state index contributed by atoms with van der Waals surface area (Å²) in [6.45, 7) is 0.334. The summed E-state index contributed by atoms with van der Waals surface area (Å²) in [5.74, 6) is 0. The summed E-state index contributed by atoms with van der Waals surface area (Å²) in [4.78, 5) is 4.08. The van der Waals surface area contributed by atoms with Crippen LogP contribution in [0.4, 0.5) is 0 Å². The summed E-state index contributed by atoms with van der Waals surface area (Å²) in [7, 11) is -3.43. The van der Waals surface area contributed by atoms with Gasteiger partial charge in [-0.3, -0.25) is 4.31 Å². The molecule has 0 spiro atoms. The van der Waals surface area contributed by atoms with Crippen molar-refractivity contribution in [2.24, 2.45) is 4.99 Å². The fraction of sp³-hybridized carbons (Fsp3) is 0.100. The summed E-state index contributed by atoms with van der Waals surface area (Å²) in [6, 6.07) is 8.32. The first-order valence-corrected chi connectivity index (χ1v) is 5.90. The smallest absolute Gasteiger partial charge is 0.252 e. The highest BCUT2D eigenvalue weighted by molar-refractivity contribution is 7.89. The maximum absolute atomic E-state index is 12.0. The zero-order chi connectivity index (χ0) is 10.7. The second kappa shape index (κ2) is 3.86. The Kier molecular flexibility index (Phi) is 2.55.